The fourth-order valence-corrected chi connectivity index (χ4v) is 2.29. The number of esters is 1. The van der Waals surface area contributed by atoms with Crippen LogP contribution in [0.3, 0.4) is 0 Å². The minimum Gasteiger partial charge on any atom is -0.491 e. The van der Waals surface area contributed by atoms with E-state index in [0.29, 0.717) is 0 Å². The first-order valence-electron chi connectivity index (χ1n) is 6.36. The van der Waals surface area contributed by atoms with Gasteiger partial charge in [0.1, 0.15) is 6.61 Å². The lowest BCUT2D eigenvalue weighted by molar-refractivity contribution is -0.147. The molecule has 1 aromatic rings. The number of methoxy groups -OCH3 is 1. The van der Waals surface area contributed by atoms with E-state index < -0.39 is 47.2 Å². The van der Waals surface area contributed by atoms with Crippen molar-refractivity contribution in [2.45, 2.75) is 20.5 Å². The van der Waals surface area contributed by atoms with Crippen LogP contribution in [0.5, 0.6) is 5.75 Å². The molecule has 7 heteroatoms. The van der Waals surface area contributed by atoms with E-state index in [9.17, 15) is 22.4 Å². The van der Waals surface area contributed by atoms with Gasteiger partial charge in [0, 0.05) is 0 Å². The molecule has 3 nitrogen and oxygen atoms in total. The van der Waals surface area contributed by atoms with E-state index in [1.807, 2.05) is 13.8 Å². The molecule has 116 valence electrons. The summed E-state index contributed by atoms with van der Waals surface area (Å²) in [4.78, 5) is 11.6. The van der Waals surface area contributed by atoms with Crippen molar-refractivity contribution in [3.8, 4) is 5.75 Å². The highest BCUT2D eigenvalue weighted by Crippen LogP contribution is 2.46. The van der Waals surface area contributed by atoms with Crippen molar-refractivity contribution in [2.75, 3.05) is 7.11 Å². The second-order valence-corrected chi connectivity index (χ2v) is 5.12. The third-order valence-corrected chi connectivity index (χ3v) is 3.97. The van der Waals surface area contributed by atoms with Gasteiger partial charge in [-0.1, -0.05) is 13.8 Å². The van der Waals surface area contributed by atoms with Crippen molar-refractivity contribution in [1.82, 2.24) is 0 Å². The first-order chi connectivity index (χ1) is 9.81. The smallest absolute Gasteiger partial charge is 0.309 e. The Morgan fingerprint density at radius 1 is 1.00 bits per heavy atom. The van der Waals surface area contributed by atoms with Gasteiger partial charge in [0.15, 0.2) is 17.4 Å². The van der Waals surface area contributed by atoms with Crippen LogP contribution in [-0.4, -0.2) is 13.1 Å². The van der Waals surface area contributed by atoms with Crippen LogP contribution in [0.2, 0.25) is 0 Å². The van der Waals surface area contributed by atoms with Gasteiger partial charge >= 0.3 is 5.97 Å². The van der Waals surface area contributed by atoms with Crippen LogP contribution in [-0.2, 0) is 16.1 Å². The normalized spacial score (nSPS) is 23.9. The van der Waals surface area contributed by atoms with Gasteiger partial charge < -0.3 is 9.47 Å². The molecule has 0 spiro atoms. The van der Waals surface area contributed by atoms with E-state index in [1.54, 1.807) is 0 Å². The molecule has 0 radical (unpaired) electrons. The predicted octanol–water partition coefficient (Wildman–Crippen LogP) is 3.20. The molecule has 1 fully saturated rings. The van der Waals surface area contributed by atoms with Crippen molar-refractivity contribution in [2.24, 2.45) is 17.8 Å². The maximum absolute atomic E-state index is 13.7. The highest BCUT2D eigenvalue weighted by atomic mass is 19.2. The van der Waals surface area contributed by atoms with Crippen molar-refractivity contribution >= 4 is 5.97 Å². The van der Waals surface area contributed by atoms with Gasteiger partial charge in [-0.05, 0) is 11.8 Å². The molecule has 2 atom stereocenters. The van der Waals surface area contributed by atoms with E-state index in [4.69, 9.17) is 4.74 Å². The third kappa shape index (κ3) is 2.56. The average molecular weight is 306 g/mol. The minimum atomic E-state index is -1.66. The Kier molecular flexibility index (Phi) is 4.11. The Morgan fingerprint density at radius 3 is 1.86 bits per heavy atom. The molecule has 1 aliphatic carbocycles. The fourth-order valence-electron chi connectivity index (χ4n) is 2.29. The summed E-state index contributed by atoms with van der Waals surface area (Å²) in [5.74, 6) is -8.45. The molecule has 1 saturated carbocycles. The van der Waals surface area contributed by atoms with Crippen LogP contribution < -0.4 is 4.74 Å². The Hall–Kier alpha value is -1.79. The third-order valence-electron chi connectivity index (χ3n) is 3.97. The quantitative estimate of drug-likeness (QED) is 0.487. The topological polar surface area (TPSA) is 35.5 Å². The van der Waals surface area contributed by atoms with Crippen LogP contribution in [0.1, 0.15) is 19.4 Å². The monoisotopic (exact) mass is 306 g/mol. The molecule has 0 amide bonds. The first-order valence-corrected chi connectivity index (χ1v) is 6.36. The summed E-state index contributed by atoms with van der Waals surface area (Å²) >= 11 is 0. The van der Waals surface area contributed by atoms with Gasteiger partial charge in [-0.3, -0.25) is 4.79 Å². The molecule has 0 heterocycles. The van der Waals surface area contributed by atoms with Crippen LogP contribution in [0.15, 0.2) is 0 Å². The molecule has 0 N–H and O–H groups in total. The highest BCUT2D eigenvalue weighted by Gasteiger charge is 2.49. The molecule has 1 aromatic carbocycles. The highest BCUT2D eigenvalue weighted by molar-refractivity contribution is 5.76. The standard InChI is InChI=1S/C14H14F4O3/c1-5-6(2)8(5)14(19)21-4-7-9(15)11(17)13(20-3)12(18)10(7)16/h5-6,8H,4H2,1-3H3. The average Bonchev–Trinajstić information content (AvgIpc) is 3.04. The predicted molar refractivity (Wildman–Crippen MR) is 64.4 cm³/mol. The van der Waals surface area contributed by atoms with Crippen molar-refractivity contribution in [1.29, 1.82) is 0 Å². The van der Waals surface area contributed by atoms with E-state index in [2.05, 4.69) is 4.74 Å². The SMILES string of the molecule is COc1c(F)c(F)c(COC(=O)C2C(C)C2C)c(F)c1F. The number of hydrogen-bond donors (Lipinski definition) is 0. The fraction of sp³-hybridized carbons (Fsp3) is 0.500. The van der Waals surface area contributed by atoms with Gasteiger partial charge in [0.25, 0.3) is 0 Å². The Balaban J connectivity index is 2.19. The summed E-state index contributed by atoms with van der Waals surface area (Å²) in [5.41, 5.74) is -0.972. The molecular weight excluding hydrogens is 292 g/mol. The largest absolute Gasteiger partial charge is 0.491 e. The van der Waals surface area contributed by atoms with E-state index in [-0.39, 0.29) is 17.8 Å². The van der Waals surface area contributed by atoms with Gasteiger partial charge in [-0.25, -0.2) is 8.78 Å². The van der Waals surface area contributed by atoms with Gasteiger partial charge in [-0.2, -0.15) is 8.78 Å². The van der Waals surface area contributed by atoms with Crippen molar-refractivity contribution in [3.05, 3.63) is 28.8 Å². The molecule has 0 aromatic heterocycles. The molecule has 0 bridgehead atoms. The zero-order valence-electron chi connectivity index (χ0n) is 11.7. The Bertz CT molecular complexity index is 551. The molecule has 1 aliphatic rings. The zero-order chi connectivity index (χ0) is 15.9. The Morgan fingerprint density at radius 2 is 1.48 bits per heavy atom. The van der Waals surface area contributed by atoms with E-state index >= 15 is 0 Å². The second-order valence-electron chi connectivity index (χ2n) is 5.12. The summed E-state index contributed by atoms with van der Waals surface area (Å²) < 4.78 is 63.3. The van der Waals surface area contributed by atoms with Crippen LogP contribution in [0.4, 0.5) is 17.6 Å². The number of halogens is 4. The summed E-state index contributed by atoms with van der Waals surface area (Å²) in [6.07, 6.45) is 0. The molecule has 0 saturated heterocycles. The minimum absolute atomic E-state index is 0.122. The number of carbonyl (C=O) groups is 1. The number of benzene rings is 1. The molecule has 2 unspecified atom stereocenters. The van der Waals surface area contributed by atoms with Gasteiger partial charge in [-0.15, -0.1) is 0 Å². The summed E-state index contributed by atoms with van der Waals surface area (Å²) in [5, 5.41) is 0. The second kappa shape index (κ2) is 5.54. The summed E-state index contributed by atoms with van der Waals surface area (Å²) in [6, 6.07) is 0. The van der Waals surface area contributed by atoms with E-state index in [1.165, 1.54) is 0 Å². The Labute approximate surface area is 118 Å². The molecular formula is C14H14F4O3. The van der Waals surface area contributed by atoms with Crippen molar-refractivity contribution in [3.63, 3.8) is 0 Å². The maximum atomic E-state index is 13.7. The number of hydrogen-bond acceptors (Lipinski definition) is 3. The molecule has 0 aliphatic heterocycles. The van der Waals surface area contributed by atoms with Gasteiger partial charge in [0.2, 0.25) is 11.6 Å². The van der Waals surface area contributed by atoms with Crippen molar-refractivity contribution < 1.29 is 31.8 Å². The lowest BCUT2D eigenvalue weighted by Crippen LogP contribution is -2.13. The number of carbonyl (C=O) groups excluding carboxylic acids is 1. The zero-order valence-corrected chi connectivity index (χ0v) is 11.7. The summed E-state index contributed by atoms with van der Waals surface area (Å²) in [7, 11) is 0.885. The van der Waals surface area contributed by atoms with Crippen LogP contribution in [0.25, 0.3) is 0 Å². The number of ether oxygens (including phenoxy) is 2. The number of rotatable bonds is 4. The molecule has 21 heavy (non-hydrogen) atoms. The summed E-state index contributed by atoms with van der Waals surface area (Å²) in [6.45, 7) is 2.80. The first kappa shape index (κ1) is 15.6. The molecule has 2 rings (SSSR count). The maximum Gasteiger partial charge on any atom is 0.309 e. The van der Waals surface area contributed by atoms with Crippen LogP contribution >= 0.6 is 0 Å². The van der Waals surface area contributed by atoms with Gasteiger partial charge in [0.05, 0.1) is 18.6 Å². The van der Waals surface area contributed by atoms with E-state index in [0.717, 1.165) is 7.11 Å². The lowest BCUT2D eigenvalue weighted by atomic mass is 10.1. The van der Waals surface area contributed by atoms with Crippen LogP contribution in [0, 0.1) is 41.0 Å². The lowest BCUT2D eigenvalue weighted by Gasteiger charge is -2.11.